The van der Waals surface area contributed by atoms with Crippen LogP contribution in [0.1, 0.15) is 23.1 Å². The van der Waals surface area contributed by atoms with E-state index >= 15 is 0 Å². The summed E-state index contributed by atoms with van der Waals surface area (Å²) in [4.78, 5) is 15.0. The molecule has 2 rings (SSSR count). The van der Waals surface area contributed by atoms with Gasteiger partial charge in [0.2, 0.25) is 0 Å². The number of nitrogens with zero attached hydrogens (tertiary/aromatic N) is 2. The average molecular weight is 188 g/mol. The first-order valence-electron chi connectivity index (χ1n) is 4.68. The Morgan fingerprint density at radius 3 is 2.93 bits per heavy atom. The van der Waals surface area contributed by atoms with Crippen molar-refractivity contribution in [3.63, 3.8) is 0 Å². The van der Waals surface area contributed by atoms with Crippen LogP contribution in [0, 0.1) is 6.92 Å². The standard InChI is InChI=1S/C11H12N2O/c1-3-13-10-5-4-8(2)6-9(10)12-11(13)7-14/h4-7H,3H2,1-2H3. The topological polar surface area (TPSA) is 34.9 Å². The number of aldehydes is 1. The second kappa shape index (κ2) is 3.25. The number of benzene rings is 1. The van der Waals surface area contributed by atoms with Crippen molar-refractivity contribution >= 4 is 17.3 Å². The minimum atomic E-state index is 0.508. The number of imidazole rings is 1. The molecule has 0 fully saturated rings. The summed E-state index contributed by atoms with van der Waals surface area (Å²) >= 11 is 0. The number of hydrogen-bond donors (Lipinski definition) is 0. The lowest BCUT2D eigenvalue weighted by atomic mass is 10.2. The summed E-state index contributed by atoms with van der Waals surface area (Å²) < 4.78 is 1.92. The van der Waals surface area contributed by atoms with Gasteiger partial charge in [-0.3, -0.25) is 4.79 Å². The Balaban J connectivity index is 2.79. The molecule has 0 unspecified atom stereocenters. The molecule has 3 heteroatoms. The van der Waals surface area contributed by atoms with Crippen LogP contribution in [0.2, 0.25) is 0 Å². The Morgan fingerprint density at radius 1 is 1.50 bits per heavy atom. The molecule has 0 N–H and O–H groups in total. The van der Waals surface area contributed by atoms with Gasteiger partial charge in [-0.1, -0.05) is 6.07 Å². The molecule has 1 aromatic carbocycles. The largest absolute Gasteiger partial charge is 0.322 e. The molecular formula is C11H12N2O. The molecule has 72 valence electrons. The van der Waals surface area contributed by atoms with E-state index in [0.717, 1.165) is 29.4 Å². The maximum atomic E-state index is 10.8. The van der Waals surface area contributed by atoms with Crippen LogP contribution in [-0.2, 0) is 6.54 Å². The lowest BCUT2D eigenvalue weighted by Gasteiger charge is -2.00. The van der Waals surface area contributed by atoms with E-state index in [1.807, 2.05) is 36.6 Å². The van der Waals surface area contributed by atoms with Gasteiger partial charge < -0.3 is 4.57 Å². The van der Waals surface area contributed by atoms with Gasteiger partial charge in [0, 0.05) is 6.54 Å². The van der Waals surface area contributed by atoms with E-state index in [1.165, 1.54) is 0 Å². The first kappa shape index (κ1) is 8.94. The summed E-state index contributed by atoms with van der Waals surface area (Å²) in [7, 11) is 0. The SMILES string of the molecule is CCn1c(C=O)nc2cc(C)ccc21. The number of fused-ring (bicyclic) bond motifs is 1. The fourth-order valence-electron chi connectivity index (χ4n) is 1.68. The van der Waals surface area contributed by atoms with Gasteiger partial charge in [-0.2, -0.15) is 0 Å². The van der Waals surface area contributed by atoms with Crippen LogP contribution in [0.15, 0.2) is 18.2 Å². The van der Waals surface area contributed by atoms with Crippen LogP contribution in [0.3, 0.4) is 0 Å². The maximum absolute atomic E-state index is 10.8. The van der Waals surface area contributed by atoms with Crippen LogP contribution in [0.25, 0.3) is 11.0 Å². The molecule has 0 aliphatic carbocycles. The fourth-order valence-corrected chi connectivity index (χ4v) is 1.68. The third-order valence-corrected chi connectivity index (χ3v) is 2.35. The molecule has 0 atom stereocenters. The number of hydrogen-bond acceptors (Lipinski definition) is 2. The van der Waals surface area contributed by atoms with Crippen LogP contribution in [-0.4, -0.2) is 15.8 Å². The Morgan fingerprint density at radius 2 is 2.29 bits per heavy atom. The minimum Gasteiger partial charge on any atom is -0.322 e. The number of aromatic nitrogens is 2. The molecular weight excluding hydrogens is 176 g/mol. The molecule has 0 amide bonds. The Kier molecular flexibility index (Phi) is 2.08. The van der Waals surface area contributed by atoms with Crippen LogP contribution < -0.4 is 0 Å². The second-order valence-corrected chi connectivity index (χ2v) is 3.32. The van der Waals surface area contributed by atoms with E-state index in [0.29, 0.717) is 5.82 Å². The van der Waals surface area contributed by atoms with Crippen molar-refractivity contribution in [1.82, 2.24) is 9.55 Å². The van der Waals surface area contributed by atoms with Crippen molar-refractivity contribution in [3.8, 4) is 0 Å². The number of carbonyl (C=O) groups excluding carboxylic acids is 1. The first-order chi connectivity index (χ1) is 6.76. The predicted molar refractivity (Wildman–Crippen MR) is 55.5 cm³/mol. The lowest BCUT2D eigenvalue weighted by molar-refractivity contribution is 0.111. The van der Waals surface area contributed by atoms with Gasteiger partial charge >= 0.3 is 0 Å². The summed E-state index contributed by atoms with van der Waals surface area (Å²) in [5, 5.41) is 0. The van der Waals surface area contributed by atoms with Gasteiger partial charge in [0.05, 0.1) is 11.0 Å². The molecule has 0 aliphatic heterocycles. The molecule has 0 aliphatic rings. The molecule has 1 aromatic heterocycles. The minimum absolute atomic E-state index is 0.508. The van der Waals surface area contributed by atoms with E-state index in [-0.39, 0.29) is 0 Å². The third-order valence-electron chi connectivity index (χ3n) is 2.35. The van der Waals surface area contributed by atoms with Crippen molar-refractivity contribution in [2.75, 3.05) is 0 Å². The zero-order valence-corrected chi connectivity index (χ0v) is 8.32. The number of carbonyl (C=O) groups is 1. The molecule has 0 bridgehead atoms. The average Bonchev–Trinajstić information content (AvgIpc) is 2.54. The van der Waals surface area contributed by atoms with E-state index < -0.39 is 0 Å². The highest BCUT2D eigenvalue weighted by molar-refractivity contribution is 5.83. The monoisotopic (exact) mass is 188 g/mol. The van der Waals surface area contributed by atoms with Gasteiger partial charge in [0.25, 0.3) is 0 Å². The smallest absolute Gasteiger partial charge is 0.185 e. The van der Waals surface area contributed by atoms with Gasteiger partial charge in [-0.05, 0) is 31.5 Å². The van der Waals surface area contributed by atoms with Crippen molar-refractivity contribution < 1.29 is 4.79 Å². The maximum Gasteiger partial charge on any atom is 0.185 e. The molecule has 1 heterocycles. The third kappa shape index (κ3) is 1.21. The van der Waals surface area contributed by atoms with Gasteiger partial charge in [-0.25, -0.2) is 4.98 Å². The van der Waals surface area contributed by atoms with Crippen LogP contribution >= 0.6 is 0 Å². The van der Waals surface area contributed by atoms with Gasteiger partial charge in [0.15, 0.2) is 12.1 Å². The molecule has 0 saturated carbocycles. The van der Waals surface area contributed by atoms with E-state index in [9.17, 15) is 4.79 Å². The molecule has 0 radical (unpaired) electrons. The lowest BCUT2D eigenvalue weighted by Crippen LogP contribution is -1.99. The Labute approximate surface area is 82.4 Å². The molecule has 0 saturated heterocycles. The van der Waals surface area contributed by atoms with E-state index in [4.69, 9.17) is 0 Å². The van der Waals surface area contributed by atoms with Crippen molar-refractivity contribution in [2.45, 2.75) is 20.4 Å². The zero-order chi connectivity index (χ0) is 10.1. The van der Waals surface area contributed by atoms with Crippen molar-refractivity contribution in [3.05, 3.63) is 29.6 Å². The predicted octanol–water partition coefficient (Wildman–Crippen LogP) is 2.18. The molecule has 2 aromatic rings. The highest BCUT2D eigenvalue weighted by Gasteiger charge is 2.07. The molecule has 14 heavy (non-hydrogen) atoms. The summed E-state index contributed by atoms with van der Waals surface area (Å²) in [5.41, 5.74) is 3.09. The van der Waals surface area contributed by atoms with E-state index in [2.05, 4.69) is 4.98 Å². The Bertz CT molecular complexity index is 485. The van der Waals surface area contributed by atoms with Crippen molar-refractivity contribution in [2.24, 2.45) is 0 Å². The highest BCUT2D eigenvalue weighted by atomic mass is 16.1. The molecule has 0 spiro atoms. The highest BCUT2D eigenvalue weighted by Crippen LogP contribution is 2.16. The molecule has 3 nitrogen and oxygen atoms in total. The van der Waals surface area contributed by atoms with Crippen LogP contribution in [0.5, 0.6) is 0 Å². The Hall–Kier alpha value is -1.64. The van der Waals surface area contributed by atoms with Gasteiger partial charge in [-0.15, -0.1) is 0 Å². The summed E-state index contributed by atoms with van der Waals surface area (Å²) in [5.74, 6) is 0.508. The zero-order valence-electron chi connectivity index (χ0n) is 8.32. The second-order valence-electron chi connectivity index (χ2n) is 3.32. The summed E-state index contributed by atoms with van der Waals surface area (Å²) in [6.45, 7) is 4.80. The quantitative estimate of drug-likeness (QED) is 0.677. The van der Waals surface area contributed by atoms with Gasteiger partial charge in [0.1, 0.15) is 0 Å². The fraction of sp³-hybridized carbons (Fsp3) is 0.273. The number of aryl methyl sites for hydroxylation is 2. The van der Waals surface area contributed by atoms with Crippen molar-refractivity contribution in [1.29, 1.82) is 0 Å². The number of rotatable bonds is 2. The summed E-state index contributed by atoms with van der Waals surface area (Å²) in [6.07, 6.45) is 0.804. The van der Waals surface area contributed by atoms with E-state index in [1.54, 1.807) is 0 Å². The van der Waals surface area contributed by atoms with Crippen LogP contribution in [0.4, 0.5) is 0 Å². The summed E-state index contributed by atoms with van der Waals surface area (Å²) in [6, 6.07) is 6.04. The first-order valence-corrected chi connectivity index (χ1v) is 4.68. The normalized spacial score (nSPS) is 10.7.